The molecule has 0 saturated heterocycles. The number of amides is 1. The van der Waals surface area contributed by atoms with Crippen molar-refractivity contribution in [2.75, 3.05) is 19.4 Å². The number of hydrogen-bond acceptors (Lipinski definition) is 3. The monoisotopic (exact) mass is 272 g/mol. The molecule has 106 valence electrons. The van der Waals surface area contributed by atoms with E-state index in [2.05, 4.69) is 20.4 Å². The molecule has 0 aliphatic rings. The largest absolute Gasteiger partial charge is 0.305 e. The summed E-state index contributed by atoms with van der Waals surface area (Å²) in [6.07, 6.45) is 0. The maximum atomic E-state index is 12.1. The predicted octanol–water partition coefficient (Wildman–Crippen LogP) is 2.34. The van der Waals surface area contributed by atoms with Crippen molar-refractivity contribution in [3.05, 3.63) is 46.6 Å². The summed E-state index contributed by atoms with van der Waals surface area (Å²) in [6.45, 7) is 4.71. The van der Waals surface area contributed by atoms with E-state index >= 15 is 0 Å². The van der Waals surface area contributed by atoms with Crippen LogP contribution in [0.25, 0.3) is 0 Å². The first-order valence-corrected chi connectivity index (χ1v) is 6.54. The summed E-state index contributed by atoms with van der Waals surface area (Å²) in [4.78, 5) is 14.2. The number of carbonyl (C=O) groups is 1. The molecule has 5 heteroatoms. The van der Waals surface area contributed by atoms with Crippen molar-refractivity contribution in [1.82, 2.24) is 15.1 Å². The summed E-state index contributed by atoms with van der Waals surface area (Å²) in [6, 6.07) is 7.61. The van der Waals surface area contributed by atoms with Crippen LogP contribution in [0.3, 0.4) is 0 Å². The SMILES string of the molecule is Cc1[nH]nc(NC(=O)c2ccc(CN(C)C)cc2)c1C. The summed E-state index contributed by atoms with van der Waals surface area (Å²) in [5.74, 6) is 0.445. The maximum absolute atomic E-state index is 12.1. The second-order valence-corrected chi connectivity index (χ2v) is 5.21. The van der Waals surface area contributed by atoms with Gasteiger partial charge in [-0.3, -0.25) is 9.89 Å². The minimum absolute atomic E-state index is 0.143. The molecular weight excluding hydrogens is 252 g/mol. The summed E-state index contributed by atoms with van der Waals surface area (Å²) < 4.78 is 0. The molecule has 1 heterocycles. The minimum Gasteiger partial charge on any atom is -0.305 e. The Kier molecular flexibility index (Phi) is 4.20. The molecule has 2 N–H and O–H groups in total. The lowest BCUT2D eigenvalue weighted by Gasteiger charge is -2.10. The predicted molar refractivity (Wildman–Crippen MR) is 79.8 cm³/mol. The van der Waals surface area contributed by atoms with E-state index < -0.39 is 0 Å². The van der Waals surface area contributed by atoms with E-state index in [-0.39, 0.29) is 5.91 Å². The van der Waals surface area contributed by atoms with E-state index in [1.165, 1.54) is 5.56 Å². The van der Waals surface area contributed by atoms with Crippen molar-refractivity contribution in [2.45, 2.75) is 20.4 Å². The summed E-state index contributed by atoms with van der Waals surface area (Å²) >= 11 is 0. The fourth-order valence-electron chi connectivity index (χ4n) is 1.91. The van der Waals surface area contributed by atoms with Crippen LogP contribution in [0, 0.1) is 13.8 Å². The Hall–Kier alpha value is -2.14. The summed E-state index contributed by atoms with van der Waals surface area (Å²) in [5.41, 5.74) is 3.73. The molecule has 0 radical (unpaired) electrons. The van der Waals surface area contributed by atoms with E-state index in [0.29, 0.717) is 11.4 Å². The molecule has 2 aromatic rings. The van der Waals surface area contributed by atoms with Gasteiger partial charge < -0.3 is 10.2 Å². The summed E-state index contributed by atoms with van der Waals surface area (Å²) in [5, 5.41) is 9.74. The van der Waals surface area contributed by atoms with Crippen molar-refractivity contribution >= 4 is 11.7 Å². The fraction of sp³-hybridized carbons (Fsp3) is 0.333. The third-order valence-corrected chi connectivity index (χ3v) is 3.20. The number of carbonyl (C=O) groups excluding carboxylic acids is 1. The number of nitrogens with one attached hydrogen (secondary N) is 2. The first-order valence-electron chi connectivity index (χ1n) is 6.54. The van der Waals surface area contributed by atoms with E-state index in [4.69, 9.17) is 0 Å². The Balaban J connectivity index is 2.08. The molecule has 0 spiro atoms. The fourth-order valence-corrected chi connectivity index (χ4v) is 1.91. The van der Waals surface area contributed by atoms with Crippen LogP contribution < -0.4 is 5.32 Å². The highest BCUT2D eigenvalue weighted by Crippen LogP contribution is 2.15. The molecule has 20 heavy (non-hydrogen) atoms. The zero-order valence-corrected chi connectivity index (χ0v) is 12.3. The zero-order valence-electron chi connectivity index (χ0n) is 12.3. The van der Waals surface area contributed by atoms with Gasteiger partial charge in [0.2, 0.25) is 0 Å². The standard InChI is InChI=1S/C15H20N4O/c1-10-11(2)17-18-14(10)16-15(20)13-7-5-12(6-8-13)9-19(3)4/h5-8H,9H2,1-4H3,(H2,16,17,18,20). The molecule has 0 aliphatic heterocycles. The Morgan fingerprint density at radius 1 is 1.25 bits per heavy atom. The van der Waals surface area contributed by atoms with Gasteiger partial charge in [-0.1, -0.05) is 12.1 Å². The highest BCUT2D eigenvalue weighted by atomic mass is 16.1. The molecule has 1 aromatic carbocycles. The lowest BCUT2D eigenvalue weighted by atomic mass is 10.1. The van der Waals surface area contributed by atoms with Gasteiger partial charge >= 0.3 is 0 Å². The lowest BCUT2D eigenvalue weighted by Crippen LogP contribution is -2.14. The van der Waals surface area contributed by atoms with E-state index in [1.807, 2.05) is 52.2 Å². The molecule has 2 rings (SSSR count). The van der Waals surface area contributed by atoms with Crippen LogP contribution in [-0.4, -0.2) is 35.1 Å². The van der Waals surface area contributed by atoms with Gasteiger partial charge in [-0.25, -0.2) is 0 Å². The van der Waals surface area contributed by atoms with Crippen LogP contribution in [0.15, 0.2) is 24.3 Å². The molecule has 0 unspecified atom stereocenters. The number of rotatable bonds is 4. The number of aromatic amines is 1. The lowest BCUT2D eigenvalue weighted by molar-refractivity contribution is 0.102. The van der Waals surface area contributed by atoms with Gasteiger partial charge in [0.15, 0.2) is 5.82 Å². The second-order valence-electron chi connectivity index (χ2n) is 5.21. The normalized spacial score (nSPS) is 10.8. The molecular formula is C15H20N4O. The minimum atomic E-state index is -0.143. The number of nitrogens with zero attached hydrogens (tertiary/aromatic N) is 2. The number of anilines is 1. The summed E-state index contributed by atoms with van der Waals surface area (Å²) in [7, 11) is 4.03. The highest BCUT2D eigenvalue weighted by molar-refractivity contribution is 6.04. The first kappa shape index (κ1) is 14.3. The molecule has 1 amide bonds. The maximum Gasteiger partial charge on any atom is 0.256 e. The first-order chi connectivity index (χ1) is 9.47. The number of hydrogen-bond donors (Lipinski definition) is 2. The van der Waals surface area contributed by atoms with Crippen LogP contribution in [0.2, 0.25) is 0 Å². The third-order valence-electron chi connectivity index (χ3n) is 3.20. The van der Waals surface area contributed by atoms with Crippen LogP contribution in [0.5, 0.6) is 0 Å². The van der Waals surface area contributed by atoms with Crippen LogP contribution in [-0.2, 0) is 6.54 Å². The van der Waals surface area contributed by atoms with Crippen molar-refractivity contribution < 1.29 is 4.79 Å². The number of aryl methyl sites for hydroxylation is 1. The third kappa shape index (κ3) is 3.24. The van der Waals surface area contributed by atoms with Crippen LogP contribution in [0.1, 0.15) is 27.2 Å². The number of H-pyrrole nitrogens is 1. The van der Waals surface area contributed by atoms with E-state index in [1.54, 1.807) is 0 Å². The smallest absolute Gasteiger partial charge is 0.256 e. The molecule has 0 saturated carbocycles. The van der Waals surface area contributed by atoms with Crippen LogP contribution in [0.4, 0.5) is 5.82 Å². The van der Waals surface area contributed by atoms with Crippen LogP contribution >= 0.6 is 0 Å². The molecule has 0 fully saturated rings. The zero-order chi connectivity index (χ0) is 14.7. The van der Waals surface area contributed by atoms with Crippen molar-refractivity contribution in [3.8, 4) is 0 Å². The van der Waals surface area contributed by atoms with Crippen molar-refractivity contribution in [3.63, 3.8) is 0 Å². The topological polar surface area (TPSA) is 61.0 Å². The van der Waals surface area contributed by atoms with Crippen molar-refractivity contribution in [1.29, 1.82) is 0 Å². The van der Waals surface area contributed by atoms with Gasteiger partial charge in [0.1, 0.15) is 0 Å². The van der Waals surface area contributed by atoms with E-state index in [9.17, 15) is 4.79 Å². The van der Waals surface area contributed by atoms with E-state index in [0.717, 1.165) is 17.8 Å². The molecule has 0 bridgehead atoms. The van der Waals surface area contributed by atoms with Gasteiger partial charge in [0.05, 0.1) is 0 Å². The van der Waals surface area contributed by atoms with Gasteiger partial charge in [0.25, 0.3) is 5.91 Å². The highest BCUT2D eigenvalue weighted by Gasteiger charge is 2.11. The Morgan fingerprint density at radius 2 is 1.90 bits per heavy atom. The average Bonchev–Trinajstić information content (AvgIpc) is 2.71. The molecule has 1 aromatic heterocycles. The van der Waals surface area contributed by atoms with Gasteiger partial charge in [0, 0.05) is 23.4 Å². The molecule has 0 atom stereocenters. The van der Waals surface area contributed by atoms with Gasteiger partial charge in [-0.2, -0.15) is 5.10 Å². The quantitative estimate of drug-likeness (QED) is 0.898. The second kappa shape index (κ2) is 5.88. The number of aromatic nitrogens is 2. The van der Waals surface area contributed by atoms with Crippen molar-refractivity contribution in [2.24, 2.45) is 0 Å². The Morgan fingerprint density at radius 3 is 2.40 bits per heavy atom. The Labute approximate surface area is 119 Å². The Bertz CT molecular complexity index is 599. The average molecular weight is 272 g/mol. The number of benzene rings is 1. The molecule has 0 aliphatic carbocycles. The van der Waals surface area contributed by atoms with Gasteiger partial charge in [-0.15, -0.1) is 0 Å². The van der Waals surface area contributed by atoms with Gasteiger partial charge in [-0.05, 0) is 45.6 Å². The molecule has 5 nitrogen and oxygen atoms in total.